The van der Waals surface area contributed by atoms with E-state index in [1.165, 1.54) is 6.07 Å². The van der Waals surface area contributed by atoms with Gasteiger partial charge in [-0.25, -0.2) is 0 Å². The Morgan fingerprint density at radius 1 is 0.839 bits per heavy atom. The summed E-state index contributed by atoms with van der Waals surface area (Å²) in [4.78, 5) is 35.5. The van der Waals surface area contributed by atoms with Gasteiger partial charge >= 0.3 is 0 Å². The third-order valence-corrected chi connectivity index (χ3v) is 4.61. The van der Waals surface area contributed by atoms with Crippen molar-refractivity contribution in [1.29, 1.82) is 0 Å². The van der Waals surface area contributed by atoms with Crippen LogP contribution in [0.1, 0.15) is 26.3 Å². The maximum absolute atomic E-state index is 12.5. The summed E-state index contributed by atoms with van der Waals surface area (Å²) in [5, 5.41) is 19.6. The topological polar surface area (TPSA) is 113 Å². The Balaban J connectivity index is 1.58. The van der Waals surface area contributed by atoms with Crippen molar-refractivity contribution in [2.45, 2.75) is 6.92 Å². The first-order valence-corrected chi connectivity index (χ1v) is 9.68. The predicted octanol–water partition coefficient (Wildman–Crippen LogP) is 4.00. The molecule has 8 heteroatoms. The second-order valence-electron chi connectivity index (χ2n) is 6.81. The monoisotopic (exact) mass is 418 g/mol. The quantitative estimate of drug-likeness (QED) is 0.291. The van der Waals surface area contributed by atoms with Crippen molar-refractivity contribution < 1.29 is 14.5 Å². The van der Waals surface area contributed by atoms with Crippen molar-refractivity contribution in [1.82, 2.24) is 5.32 Å². The van der Waals surface area contributed by atoms with Gasteiger partial charge in [0.15, 0.2) is 0 Å². The summed E-state index contributed by atoms with van der Waals surface area (Å²) in [5.74, 6) is -0.561. The van der Waals surface area contributed by atoms with E-state index in [2.05, 4.69) is 16.0 Å². The number of anilines is 2. The Morgan fingerprint density at radius 3 is 2.29 bits per heavy atom. The SMILES string of the molecule is Cc1ccc(C(=O)NCCNc2ccccc2[N+](=O)[O-])cc1NC(=O)c1ccccc1. The van der Waals surface area contributed by atoms with Crippen LogP contribution in [0.3, 0.4) is 0 Å². The Hall–Kier alpha value is -4.20. The maximum atomic E-state index is 12.5. The molecule has 0 fully saturated rings. The number of aryl methyl sites for hydroxylation is 1. The van der Waals surface area contributed by atoms with E-state index in [0.717, 1.165) is 5.56 Å². The molecule has 0 heterocycles. The number of nitrogens with one attached hydrogen (secondary N) is 3. The molecule has 3 aromatic carbocycles. The van der Waals surface area contributed by atoms with Crippen LogP contribution < -0.4 is 16.0 Å². The molecule has 0 saturated heterocycles. The van der Waals surface area contributed by atoms with Crippen LogP contribution in [-0.2, 0) is 0 Å². The summed E-state index contributed by atoms with van der Waals surface area (Å²) in [6.07, 6.45) is 0. The van der Waals surface area contributed by atoms with E-state index in [1.807, 2.05) is 13.0 Å². The third kappa shape index (κ3) is 5.66. The van der Waals surface area contributed by atoms with E-state index in [9.17, 15) is 19.7 Å². The summed E-state index contributed by atoms with van der Waals surface area (Å²) in [5.41, 5.74) is 2.69. The number of hydrogen-bond donors (Lipinski definition) is 3. The van der Waals surface area contributed by atoms with Crippen LogP contribution in [0.15, 0.2) is 72.8 Å². The molecule has 0 atom stereocenters. The number of hydrogen-bond acceptors (Lipinski definition) is 5. The van der Waals surface area contributed by atoms with E-state index >= 15 is 0 Å². The molecule has 2 amide bonds. The number of nitro benzene ring substituents is 1. The summed E-state index contributed by atoms with van der Waals surface area (Å²) in [6, 6.07) is 20.2. The summed E-state index contributed by atoms with van der Waals surface area (Å²) < 4.78 is 0. The molecule has 0 aromatic heterocycles. The third-order valence-electron chi connectivity index (χ3n) is 4.61. The lowest BCUT2D eigenvalue weighted by molar-refractivity contribution is -0.384. The van der Waals surface area contributed by atoms with Gasteiger partial charge in [0, 0.05) is 36.0 Å². The van der Waals surface area contributed by atoms with Gasteiger partial charge in [-0.2, -0.15) is 0 Å². The van der Waals surface area contributed by atoms with Crippen molar-refractivity contribution in [2.75, 3.05) is 23.7 Å². The Kier molecular flexibility index (Phi) is 6.95. The van der Waals surface area contributed by atoms with Gasteiger partial charge in [0.1, 0.15) is 5.69 Å². The second kappa shape index (κ2) is 10.0. The average Bonchev–Trinajstić information content (AvgIpc) is 2.78. The van der Waals surface area contributed by atoms with E-state index in [4.69, 9.17) is 0 Å². The molecule has 0 unspecified atom stereocenters. The Bertz CT molecular complexity index is 1100. The molecular weight excluding hydrogens is 396 g/mol. The number of nitrogens with zero attached hydrogens (tertiary/aromatic N) is 1. The largest absolute Gasteiger partial charge is 0.378 e. The molecular formula is C23H22N4O4. The van der Waals surface area contributed by atoms with Crippen LogP contribution in [0.2, 0.25) is 0 Å². The van der Waals surface area contributed by atoms with Crippen molar-refractivity contribution in [3.05, 3.63) is 99.6 Å². The van der Waals surface area contributed by atoms with Crippen LogP contribution in [0.4, 0.5) is 17.1 Å². The number of rotatable bonds is 8. The molecule has 158 valence electrons. The fourth-order valence-electron chi connectivity index (χ4n) is 2.94. The smallest absolute Gasteiger partial charge is 0.292 e. The molecule has 0 saturated carbocycles. The van der Waals surface area contributed by atoms with Crippen molar-refractivity contribution >= 4 is 28.9 Å². The zero-order valence-electron chi connectivity index (χ0n) is 16.9. The minimum absolute atomic E-state index is 0.0221. The molecule has 3 N–H and O–H groups in total. The number of para-hydroxylation sites is 2. The van der Waals surface area contributed by atoms with E-state index in [-0.39, 0.29) is 24.0 Å². The van der Waals surface area contributed by atoms with Crippen LogP contribution >= 0.6 is 0 Å². The molecule has 0 bridgehead atoms. The van der Waals surface area contributed by atoms with Gasteiger partial charge in [0.2, 0.25) is 0 Å². The fourth-order valence-corrected chi connectivity index (χ4v) is 2.94. The van der Waals surface area contributed by atoms with Crippen LogP contribution in [0.25, 0.3) is 0 Å². The van der Waals surface area contributed by atoms with Crippen LogP contribution in [0, 0.1) is 17.0 Å². The standard InChI is InChI=1S/C23H22N4O4/c1-16-11-12-18(15-20(16)26-23(29)17-7-3-2-4-8-17)22(28)25-14-13-24-19-9-5-6-10-21(19)27(30)31/h2-12,15,24H,13-14H2,1H3,(H,25,28)(H,26,29). The van der Waals surface area contributed by atoms with Gasteiger partial charge < -0.3 is 16.0 Å². The highest BCUT2D eigenvalue weighted by molar-refractivity contribution is 6.05. The van der Waals surface area contributed by atoms with Gasteiger partial charge in [0.05, 0.1) is 4.92 Å². The second-order valence-corrected chi connectivity index (χ2v) is 6.81. The summed E-state index contributed by atoms with van der Waals surface area (Å²) in [6.45, 7) is 2.43. The first kappa shape index (κ1) is 21.5. The van der Waals surface area contributed by atoms with Crippen LogP contribution in [0.5, 0.6) is 0 Å². The zero-order chi connectivity index (χ0) is 22.2. The fraction of sp³-hybridized carbons (Fsp3) is 0.130. The van der Waals surface area contributed by atoms with Gasteiger partial charge in [-0.05, 0) is 42.8 Å². The van der Waals surface area contributed by atoms with Gasteiger partial charge in [-0.1, -0.05) is 36.4 Å². The molecule has 0 radical (unpaired) electrons. The zero-order valence-corrected chi connectivity index (χ0v) is 16.9. The van der Waals surface area contributed by atoms with Crippen molar-refractivity contribution in [2.24, 2.45) is 0 Å². The molecule has 0 aliphatic heterocycles. The minimum atomic E-state index is -0.460. The van der Waals surface area contributed by atoms with E-state index in [1.54, 1.807) is 60.7 Å². The summed E-state index contributed by atoms with van der Waals surface area (Å²) in [7, 11) is 0. The number of carbonyl (C=O) groups is 2. The van der Waals surface area contributed by atoms with E-state index < -0.39 is 4.92 Å². The Morgan fingerprint density at radius 2 is 1.55 bits per heavy atom. The molecule has 31 heavy (non-hydrogen) atoms. The molecule has 3 rings (SSSR count). The first-order chi connectivity index (χ1) is 15.0. The van der Waals surface area contributed by atoms with E-state index in [0.29, 0.717) is 29.0 Å². The highest BCUT2D eigenvalue weighted by atomic mass is 16.6. The molecule has 0 aliphatic rings. The lowest BCUT2D eigenvalue weighted by Crippen LogP contribution is -2.29. The normalized spacial score (nSPS) is 10.2. The average molecular weight is 418 g/mol. The highest BCUT2D eigenvalue weighted by Crippen LogP contribution is 2.22. The molecule has 0 aliphatic carbocycles. The number of amides is 2. The van der Waals surface area contributed by atoms with Gasteiger partial charge in [-0.15, -0.1) is 0 Å². The van der Waals surface area contributed by atoms with Crippen LogP contribution in [-0.4, -0.2) is 29.8 Å². The number of nitro groups is 1. The lowest BCUT2D eigenvalue weighted by atomic mass is 10.1. The minimum Gasteiger partial charge on any atom is -0.378 e. The summed E-state index contributed by atoms with van der Waals surface area (Å²) >= 11 is 0. The highest BCUT2D eigenvalue weighted by Gasteiger charge is 2.13. The molecule has 3 aromatic rings. The Labute approximate surface area is 179 Å². The predicted molar refractivity (Wildman–Crippen MR) is 119 cm³/mol. The molecule has 0 spiro atoms. The van der Waals surface area contributed by atoms with Gasteiger partial charge in [-0.3, -0.25) is 19.7 Å². The van der Waals surface area contributed by atoms with Crippen molar-refractivity contribution in [3.8, 4) is 0 Å². The molecule has 8 nitrogen and oxygen atoms in total. The number of benzene rings is 3. The lowest BCUT2D eigenvalue weighted by Gasteiger charge is -2.12. The first-order valence-electron chi connectivity index (χ1n) is 9.68. The number of carbonyl (C=O) groups excluding carboxylic acids is 2. The maximum Gasteiger partial charge on any atom is 0.292 e. The van der Waals surface area contributed by atoms with Gasteiger partial charge in [0.25, 0.3) is 17.5 Å². The van der Waals surface area contributed by atoms with Crippen molar-refractivity contribution in [3.63, 3.8) is 0 Å².